The molecule has 2 rings (SSSR count). The van der Waals surface area contributed by atoms with Crippen molar-refractivity contribution < 1.29 is 24.5 Å². The molecule has 0 radical (unpaired) electrons. The fraction of sp³-hybridized carbons (Fsp3) is 0.100. The predicted molar refractivity (Wildman–Crippen MR) is 95.5 cm³/mol. The number of phenolic OH excluding ortho intramolecular Hbond substituents is 2. The summed E-state index contributed by atoms with van der Waals surface area (Å²) in [5.74, 6) is -0.188. The molecule has 0 heterocycles. The zero-order valence-corrected chi connectivity index (χ0v) is 13.7. The zero-order chi connectivity index (χ0) is 18.2. The van der Waals surface area contributed by atoms with Gasteiger partial charge in [0.25, 0.3) is 0 Å². The second-order valence-corrected chi connectivity index (χ2v) is 5.30. The van der Waals surface area contributed by atoms with Gasteiger partial charge in [-0.3, -0.25) is 9.59 Å². The Hall–Kier alpha value is -3.34. The van der Waals surface area contributed by atoms with Crippen LogP contribution in [-0.2, 0) is 9.59 Å². The summed E-state index contributed by atoms with van der Waals surface area (Å²) < 4.78 is 4.94. The maximum absolute atomic E-state index is 11.8. The maximum Gasteiger partial charge on any atom is 0.163 e. The molecule has 0 fully saturated rings. The molecule has 5 nitrogen and oxygen atoms in total. The summed E-state index contributed by atoms with van der Waals surface area (Å²) >= 11 is 0. The lowest BCUT2D eigenvalue weighted by Crippen LogP contribution is -2.01. The van der Waals surface area contributed by atoms with Gasteiger partial charge in [0.15, 0.2) is 23.1 Å². The van der Waals surface area contributed by atoms with Gasteiger partial charge in [-0.25, -0.2) is 0 Å². The molecule has 0 spiro atoms. The molecule has 0 aliphatic heterocycles. The van der Waals surface area contributed by atoms with E-state index in [1.54, 1.807) is 30.3 Å². The molecule has 0 aliphatic rings. The number of carbonyl (C=O) groups excluding carboxylic acids is 2. The molecule has 0 aromatic heterocycles. The first-order valence-corrected chi connectivity index (χ1v) is 7.56. The standard InChI is InChI=1S/C20H18O5/c1-25-20-11-6-15(12-19(20)24)5-10-18(23)13-17(22)9-4-14-2-7-16(21)8-3-14/h2-12,21,24H,13H2,1H3. The van der Waals surface area contributed by atoms with Gasteiger partial charge < -0.3 is 14.9 Å². The number of hydrogen-bond acceptors (Lipinski definition) is 5. The smallest absolute Gasteiger partial charge is 0.163 e. The van der Waals surface area contributed by atoms with Gasteiger partial charge in [0.2, 0.25) is 0 Å². The van der Waals surface area contributed by atoms with E-state index < -0.39 is 0 Å². The molecule has 0 atom stereocenters. The topological polar surface area (TPSA) is 83.8 Å². The lowest BCUT2D eigenvalue weighted by molar-refractivity contribution is -0.121. The largest absolute Gasteiger partial charge is 0.508 e. The first kappa shape index (κ1) is 18.0. The molecule has 0 aliphatic carbocycles. The average molecular weight is 338 g/mol. The van der Waals surface area contributed by atoms with Gasteiger partial charge in [-0.1, -0.05) is 30.4 Å². The zero-order valence-electron chi connectivity index (χ0n) is 13.7. The highest BCUT2D eigenvalue weighted by molar-refractivity contribution is 6.10. The van der Waals surface area contributed by atoms with Crippen molar-refractivity contribution in [3.8, 4) is 17.2 Å². The predicted octanol–water partition coefficient (Wildman–Crippen LogP) is 3.36. The number of methoxy groups -OCH3 is 1. The number of hydrogen-bond donors (Lipinski definition) is 2. The van der Waals surface area contributed by atoms with Gasteiger partial charge in [0, 0.05) is 0 Å². The minimum atomic E-state index is -0.337. The van der Waals surface area contributed by atoms with Crippen LogP contribution in [0.15, 0.2) is 54.6 Å². The summed E-state index contributed by atoms with van der Waals surface area (Å²) in [6, 6.07) is 11.1. The summed E-state index contributed by atoms with van der Waals surface area (Å²) in [7, 11) is 1.45. The summed E-state index contributed by atoms with van der Waals surface area (Å²) in [4.78, 5) is 23.6. The van der Waals surface area contributed by atoms with Crippen LogP contribution in [0, 0.1) is 0 Å². The number of allylic oxidation sites excluding steroid dienone is 2. The van der Waals surface area contributed by atoms with E-state index in [1.807, 2.05) is 0 Å². The monoisotopic (exact) mass is 338 g/mol. The van der Waals surface area contributed by atoms with E-state index in [0.29, 0.717) is 11.3 Å². The van der Waals surface area contributed by atoms with E-state index in [2.05, 4.69) is 0 Å². The first-order chi connectivity index (χ1) is 12.0. The van der Waals surface area contributed by atoms with E-state index in [-0.39, 0.29) is 29.5 Å². The Morgan fingerprint density at radius 3 is 2.04 bits per heavy atom. The SMILES string of the molecule is COc1ccc(C=CC(=O)CC(=O)C=Cc2ccc(O)cc2)cc1O. The van der Waals surface area contributed by atoms with Crippen molar-refractivity contribution in [2.24, 2.45) is 0 Å². The Kier molecular flexibility index (Phi) is 6.12. The number of rotatable bonds is 7. The lowest BCUT2D eigenvalue weighted by atomic mass is 10.1. The van der Waals surface area contributed by atoms with Crippen LogP contribution >= 0.6 is 0 Å². The lowest BCUT2D eigenvalue weighted by Gasteiger charge is -2.03. The third-order valence-electron chi connectivity index (χ3n) is 3.37. The van der Waals surface area contributed by atoms with Gasteiger partial charge in [-0.05, 0) is 47.5 Å². The average Bonchev–Trinajstić information content (AvgIpc) is 2.59. The van der Waals surface area contributed by atoms with Crippen LogP contribution < -0.4 is 4.74 Å². The Labute approximate surface area is 145 Å². The molecule has 2 aromatic rings. The summed E-state index contributed by atoms with van der Waals surface area (Å²) in [6.07, 6.45) is 5.50. The number of aromatic hydroxyl groups is 2. The Morgan fingerprint density at radius 1 is 0.920 bits per heavy atom. The first-order valence-electron chi connectivity index (χ1n) is 7.56. The second kappa shape index (κ2) is 8.49. The highest BCUT2D eigenvalue weighted by Crippen LogP contribution is 2.26. The fourth-order valence-corrected chi connectivity index (χ4v) is 2.06. The van der Waals surface area contributed by atoms with Crippen LogP contribution in [0.5, 0.6) is 17.2 Å². The maximum atomic E-state index is 11.8. The molecule has 2 aromatic carbocycles. The molecule has 0 bridgehead atoms. The molecule has 2 N–H and O–H groups in total. The van der Waals surface area contributed by atoms with Crippen molar-refractivity contribution in [2.45, 2.75) is 6.42 Å². The number of carbonyl (C=O) groups is 2. The molecule has 25 heavy (non-hydrogen) atoms. The molecular formula is C20H18O5. The highest BCUT2D eigenvalue weighted by Gasteiger charge is 2.05. The van der Waals surface area contributed by atoms with E-state index in [4.69, 9.17) is 4.74 Å². The molecule has 128 valence electrons. The summed E-state index contributed by atoms with van der Waals surface area (Å²) in [6.45, 7) is 0. The van der Waals surface area contributed by atoms with Gasteiger partial charge in [0.1, 0.15) is 5.75 Å². The van der Waals surface area contributed by atoms with Crippen LogP contribution in [0.4, 0.5) is 0 Å². The third-order valence-corrected chi connectivity index (χ3v) is 3.37. The van der Waals surface area contributed by atoms with Crippen molar-refractivity contribution in [1.29, 1.82) is 0 Å². The quantitative estimate of drug-likeness (QED) is 0.597. The van der Waals surface area contributed by atoms with Crippen LogP contribution in [0.1, 0.15) is 17.5 Å². The van der Waals surface area contributed by atoms with Crippen LogP contribution in [0.25, 0.3) is 12.2 Å². The number of ether oxygens (including phenoxy) is 1. The minimum absolute atomic E-state index is 0.0231. The minimum Gasteiger partial charge on any atom is -0.508 e. The summed E-state index contributed by atoms with van der Waals surface area (Å²) in [5.41, 5.74) is 1.38. The van der Waals surface area contributed by atoms with E-state index >= 15 is 0 Å². The van der Waals surface area contributed by atoms with Gasteiger partial charge in [-0.15, -0.1) is 0 Å². The van der Waals surface area contributed by atoms with E-state index in [1.165, 1.54) is 43.5 Å². The third kappa shape index (κ3) is 5.66. The van der Waals surface area contributed by atoms with Gasteiger partial charge >= 0.3 is 0 Å². The van der Waals surface area contributed by atoms with Crippen LogP contribution in [-0.4, -0.2) is 28.9 Å². The molecular weight excluding hydrogens is 320 g/mol. The van der Waals surface area contributed by atoms with E-state index in [9.17, 15) is 19.8 Å². The van der Waals surface area contributed by atoms with Crippen molar-refractivity contribution in [3.05, 3.63) is 65.7 Å². The van der Waals surface area contributed by atoms with Gasteiger partial charge in [-0.2, -0.15) is 0 Å². The number of phenols is 2. The normalized spacial score (nSPS) is 11.1. The van der Waals surface area contributed by atoms with Gasteiger partial charge in [0.05, 0.1) is 13.5 Å². The van der Waals surface area contributed by atoms with Crippen LogP contribution in [0.3, 0.4) is 0 Å². The molecule has 0 saturated heterocycles. The molecule has 5 heteroatoms. The summed E-state index contributed by atoms with van der Waals surface area (Å²) in [5, 5.41) is 18.9. The Bertz CT molecular complexity index is 816. The molecule has 0 unspecified atom stereocenters. The number of ketones is 2. The highest BCUT2D eigenvalue weighted by atomic mass is 16.5. The Morgan fingerprint density at radius 2 is 1.48 bits per heavy atom. The van der Waals surface area contributed by atoms with Crippen molar-refractivity contribution in [1.82, 2.24) is 0 Å². The van der Waals surface area contributed by atoms with Crippen LogP contribution in [0.2, 0.25) is 0 Å². The molecule has 0 amide bonds. The van der Waals surface area contributed by atoms with E-state index in [0.717, 1.165) is 5.56 Å². The number of benzene rings is 2. The van der Waals surface area contributed by atoms with Crippen molar-refractivity contribution in [2.75, 3.05) is 7.11 Å². The Balaban J connectivity index is 1.91. The van der Waals surface area contributed by atoms with Crippen molar-refractivity contribution in [3.63, 3.8) is 0 Å². The molecule has 0 saturated carbocycles. The second-order valence-electron chi connectivity index (χ2n) is 5.30. The van der Waals surface area contributed by atoms with Crippen molar-refractivity contribution >= 4 is 23.7 Å². The fourth-order valence-electron chi connectivity index (χ4n) is 2.06.